The van der Waals surface area contributed by atoms with Crippen LogP contribution >= 0.6 is 0 Å². The van der Waals surface area contributed by atoms with E-state index in [-0.39, 0.29) is 35.6 Å². The van der Waals surface area contributed by atoms with Crippen molar-refractivity contribution in [2.24, 2.45) is 5.73 Å². The fourth-order valence-electron chi connectivity index (χ4n) is 9.70. The predicted molar refractivity (Wildman–Crippen MR) is 213 cm³/mol. The van der Waals surface area contributed by atoms with Crippen molar-refractivity contribution in [1.29, 1.82) is 0 Å². The van der Waals surface area contributed by atoms with Gasteiger partial charge in [-0.15, -0.1) is 20.4 Å². The lowest BCUT2D eigenvalue weighted by Gasteiger charge is -2.41. The molecule has 4 aliphatic rings. The van der Waals surface area contributed by atoms with E-state index in [4.69, 9.17) is 30.9 Å². The van der Waals surface area contributed by atoms with Gasteiger partial charge in [0.15, 0.2) is 23.3 Å². The molecule has 6 aromatic rings. The number of aryl methyl sites for hydroxylation is 1. The number of fused-ring (bicyclic) bond motifs is 6. The Hall–Kier alpha value is -6.60. The van der Waals surface area contributed by atoms with Crippen LogP contribution < -0.4 is 15.5 Å². The second-order valence-corrected chi connectivity index (χ2v) is 16.1. The molecule has 2 saturated carbocycles. The van der Waals surface area contributed by atoms with Gasteiger partial charge in [-0.2, -0.15) is 9.97 Å². The van der Waals surface area contributed by atoms with Gasteiger partial charge in [0.25, 0.3) is 11.8 Å². The molecule has 2 N–H and O–H groups in total. The average molecular weight is 799 g/mol. The molecule has 2 fully saturated rings. The highest BCUT2D eigenvalue weighted by Crippen LogP contribution is 2.49. The number of hydrogen-bond donors (Lipinski definition) is 1. The molecule has 0 saturated heterocycles. The van der Waals surface area contributed by atoms with Crippen LogP contribution in [0.4, 0.5) is 11.6 Å². The van der Waals surface area contributed by atoms with E-state index in [0.29, 0.717) is 23.6 Å². The molecule has 2 aliphatic heterocycles. The zero-order valence-electron chi connectivity index (χ0n) is 33.7. The third-order valence-corrected chi connectivity index (χ3v) is 12.4. The Bertz CT molecular complexity index is 2600. The van der Waals surface area contributed by atoms with Crippen LogP contribution in [-0.2, 0) is 0 Å². The largest absolute Gasteiger partial charge is 0.364 e. The van der Waals surface area contributed by atoms with Crippen LogP contribution in [-0.4, -0.2) is 111 Å². The van der Waals surface area contributed by atoms with Crippen molar-refractivity contribution < 1.29 is 9.59 Å². The third kappa shape index (κ3) is 5.77. The number of nitrogens with zero attached hydrogens (tertiary/aromatic N) is 17. The Morgan fingerprint density at radius 1 is 0.712 bits per heavy atom. The molecule has 304 valence electrons. The van der Waals surface area contributed by atoms with Crippen molar-refractivity contribution >= 4 is 23.5 Å². The summed E-state index contributed by atoms with van der Waals surface area (Å²) >= 11 is 0. The SMILES string of the molecule is CCC1c2nnc(C)n2-c2cnc(-n3cnc(C(N)=O)c3)nc2N1C1CCC(c2nnc3n2-c2cnc(-n4cnc(C(=O)N(C)C)c4)nc2N(C2CCCC2)[C@@H]3CC)C1. The van der Waals surface area contributed by atoms with Gasteiger partial charge in [0.1, 0.15) is 47.1 Å². The molecule has 59 heavy (non-hydrogen) atoms. The summed E-state index contributed by atoms with van der Waals surface area (Å²) in [4.78, 5) is 59.4. The first-order valence-electron chi connectivity index (χ1n) is 20.4. The molecule has 2 amide bonds. The molecule has 0 bridgehead atoms. The van der Waals surface area contributed by atoms with Crippen molar-refractivity contribution in [2.75, 3.05) is 23.9 Å². The van der Waals surface area contributed by atoms with E-state index in [2.05, 4.69) is 53.4 Å². The van der Waals surface area contributed by atoms with Crippen LogP contribution in [0.25, 0.3) is 23.3 Å². The molecule has 4 atom stereocenters. The molecule has 3 unspecified atom stereocenters. The second-order valence-electron chi connectivity index (χ2n) is 16.1. The number of nitrogens with two attached hydrogens (primary N) is 1. The van der Waals surface area contributed by atoms with Gasteiger partial charge in [-0.1, -0.05) is 26.7 Å². The Morgan fingerprint density at radius 2 is 1.27 bits per heavy atom. The topological polar surface area (TPSA) is 218 Å². The number of primary amides is 1. The van der Waals surface area contributed by atoms with E-state index in [0.717, 1.165) is 91.3 Å². The molecule has 0 spiro atoms. The first kappa shape index (κ1) is 36.7. The fraction of sp³-hybridized carbons (Fsp3) is 0.487. The summed E-state index contributed by atoms with van der Waals surface area (Å²) in [5, 5.41) is 19.1. The molecule has 20 nitrogen and oxygen atoms in total. The third-order valence-electron chi connectivity index (χ3n) is 12.4. The quantitative estimate of drug-likeness (QED) is 0.221. The molecule has 2 aliphatic carbocycles. The maximum absolute atomic E-state index is 12.7. The van der Waals surface area contributed by atoms with Crippen LogP contribution in [0.15, 0.2) is 37.4 Å². The summed E-state index contributed by atoms with van der Waals surface area (Å²) in [6.45, 7) is 6.30. The maximum Gasteiger partial charge on any atom is 0.273 e. The molecule has 8 heterocycles. The Labute approximate surface area is 339 Å². The molecule has 10 rings (SSSR count). The van der Waals surface area contributed by atoms with E-state index in [1.165, 1.54) is 24.1 Å². The molecule has 20 heteroatoms. The lowest BCUT2D eigenvalue weighted by atomic mass is 10.0. The Kier molecular flexibility index (Phi) is 8.74. The lowest BCUT2D eigenvalue weighted by Crippen LogP contribution is -2.43. The summed E-state index contributed by atoms with van der Waals surface area (Å²) in [7, 11) is 3.42. The van der Waals surface area contributed by atoms with Gasteiger partial charge in [-0.3, -0.25) is 27.9 Å². The lowest BCUT2D eigenvalue weighted by molar-refractivity contribution is 0.0822. The molecular formula is C39H46N18O2. The van der Waals surface area contributed by atoms with E-state index in [1.807, 2.05) is 17.7 Å². The maximum atomic E-state index is 12.7. The number of anilines is 2. The monoisotopic (exact) mass is 798 g/mol. The van der Waals surface area contributed by atoms with Gasteiger partial charge < -0.3 is 20.4 Å². The highest BCUT2D eigenvalue weighted by molar-refractivity contribution is 5.92. The fourth-order valence-corrected chi connectivity index (χ4v) is 9.70. The van der Waals surface area contributed by atoms with Crippen LogP contribution in [0.1, 0.15) is 134 Å². The highest BCUT2D eigenvalue weighted by Gasteiger charge is 2.45. The standard InChI is InChI=1S/C39H46N18O2/c1-6-27-35-49-47-21(3)54(35)29-15-41-38(52-17-25(31(40)58)43-19-52)45-33(29)56(27)24-13-12-22(14-24)32-48-50-36-28(7-2)55(23-10-8-9-11-23)34-30(57(32)36)16-42-39(46-34)53-18-26(44-20-53)37(59)51(4)5/h15-20,22-24,27-28H,6-14H2,1-5H3,(H2,40,58)/t22?,24?,27?,28-/m1/s1. The van der Waals surface area contributed by atoms with Crippen molar-refractivity contribution in [3.05, 3.63) is 72.1 Å². The van der Waals surface area contributed by atoms with Crippen molar-refractivity contribution in [3.63, 3.8) is 0 Å². The predicted octanol–water partition coefficient (Wildman–Crippen LogP) is 3.73. The minimum atomic E-state index is -0.622. The number of rotatable bonds is 9. The number of imidazole rings is 2. The highest BCUT2D eigenvalue weighted by atomic mass is 16.2. The summed E-state index contributed by atoms with van der Waals surface area (Å²) in [6, 6.07) is 0.266. The number of carbonyl (C=O) groups is 2. The zero-order valence-corrected chi connectivity index (χ0v) is 33.7. The van der Waals surface area contributed by atoms with Crippen LogP contribution in [0.3, 0.4) is 0 Å². The van der Waals surface area contributed by atoms with Gasteiger partial charge in [-0.05, 0) is 51.9 Å². The van der Waals surface area contributed by atoms with Crippen LogP contribution in [0.5, 0.6) is 0 Å². The molecule has 0 radical (unpaired) electrons. The van der Waals surface area contributed by atoms with E-state index < -0.39 is 5.91 Å². The van der Waals surface area contributed by atoms with Gasteiger partial charge in [0.2, 0.25) is 11.9 Å². The molecule has 6 aromatic heterocycles. The van der Waals surface area contributed by atoms with E-state index >= 15 is 0 Å². The smallest absolute Gasteiger partial charge is 0.273 e. The van der Waals surface area contributed by atoms with Crippen LogP contribution in [0, 0.1) is 6.92 Å². The van der Waals surface area contributed by atoms with Crippen LogP contribution in [0.2, 0.25) is 0 Å². The van der Waals surface area contributed by atoms with Crippen molar-refractivity contribution in [2.45, 2.75) is 109 Å². The number of hydrogen-bond acceptors (Lipinski definition) is 14. The summed E-state index contributed by atoms with van der Waals surface area (Å²) in [5.74, 6) is 5.13. The first-order valence-corrected chi connectivity index (χ1v) is 20.4. The summed E-state index contributed by atoms with van der Waals surface area (Å²) in [6.07, 6.45) is 18.7. The van der Waals surface area contributed by atoms with Crippen molar-refractivity contribution in [3.8, 4) is 23.3 Å². The van der Waals surface area contributed by atoms with E-state index in [1.54, 1.807) is 48.1 Å². The van der Waals surface area contributed by atoms with Gasteiger partial charge >= 0.3 is 0 Å². The Balaban J connectivity index is 1.03. The number of aromatic nitrogens is 14. The minimum absolute atomic E-state index is 0.0260. The van der Waals surface area contributed by atoms with Gasteiger partial charge in [-0.25, -0.2) is 19.9 Å². The normalized spacial score (nSPS) is 21.0. The second kappa shape index (κ2) is 14.0. The van der Waals surface area contributed by atoms with Crippen molar-refractivity contribution in [1.82, 2.24) is 73.5 Å². The first-order chi connectivity index (χ1) is 28.6. The average Bonchev–Trinajstić information content (AvgIpc) is 4.10. The van der Waals surface area contributed by atoms with E-state index in [9.17, 15) is 9.59 Å². The summed E-state index contributed by atoms with van der Waals surface area (Å²) < 4.78 is 7.60. The number of amides is 2. The zero-order chi connectivity index (χ0) is 40.7. The minimum Gasteiger partial charge on any atom is -0.364 e. The molecule has 0 aromatic carbocycles. The van der Waals surface area contributed by atoms with Gasteiger partial charge in [0, 0.05) is 44.5 Å². The Morgan fingerprint density at radius 3 is 1.88 bits per heavy atom. The van der Waals surface area contributed by atoms with Gasteiger partial charge in [0.05, 0.1) is 24.5 Å². The molecular weight excluding hydrogens is 753 g/mol. The summed E-state index contributed by atoms with van der Waals surface area (Å²) in [5.41, 5.74) is 7.64. The number of carbonyl (C=O) groups excluding carboxylic acids is 2.